The lowest BCUT2D eigenvalue weighted by Crippen LogP contribution is -2.24. The van der Waals surface area contributed by atoms with E-state index in [0.29, 0.717) is 13.2 Å². The molecule has 18 heavy (non-hydrogen) atoms. The van der Waals surface area contributed by atoms with Gasteiger partial charge >= 0.3 is 6.18 Å². The molecule has 0 aliphatic carbocycles. The summed E-state index contributed by atoms with van der Waals surface area (Å²) >= 11 is 0.717. The summed E-state index contributed by atoms with van der Waals surface area (Å²) in [6.45, 7) is 5.14. The highest BCUT2D eigenvalue weighted by atomic mass is 32.1. The van der Waals surface area contributed by atoms with E-state index >= 15 is 0 Å². The van der Waals surface area contributed by atoms with Gasteiger partial charge in [-0.05, 0) is 11.8 Å². The maximum absolute atomic E-state index is 12.3. The van der Waals surface area contributed by atoms with Crippen LogP contribution in [0.15, 0.2) is 0 Å². The van der Waals surface area contributed by atoms with Crippen LogP contribution >= 0.6 is 11.5 Å². The van der Waals surface area contributed by atoms with Crippen LogP contribution in [0.5, 0.6) is 0 Å². The summed E-state index contributed by atoms with van der Waals surface area (Å²) in [5.41, 5.74) is -0.0833. The van der Waals surface area contributed by atoms with Crippen LogP contribution in [0.2, 0.25) is 0 Å². The maximum atomic E-state index is 12.3. The van der Waals surface area contributed by atoms with Gasteiger partial charge in [0.15, 0.2) is 0 Å². The molecule has 4 nitrogen and oxygen atoms in total. The monoisotopic (exact) mass is 283 g/mol. The molecule has 0 aliphatic rings. The number of nitrogens with one attached hydrogen (secondary N) is 1. The highest BCUT2D eigenvalue weighted by molar-refractivity contribution is 7.09. The Hall–Kier alpha value is -0.890. The van der Waals surface area contributed by atoms with Crippen molar-refractivity contribution in [3.05, 3.63) is 5.82 Å². The molecule has 0 unspecified atom stereocenters. The van der Waals surface area contributed by atoms with E-state index in [9.17, 15) is 13.2 Å². The fraction of sp³-hybridized carbons (Fsp3) is 0.800. The predicted molar refractivity (Wildman–Crippen MR) is 63.7 cm³/mol. The predicted octanol–water partition coefficient (Wildman–Crippen LogP) is 3.03. The van der Waals surface area contributed by atoms with Gasteiger partial charge in [-0.3, -0.25) is 0 Å². The maximum Gasteiger partial charge on any atom is 0.452 e. The number of hydrogen-bond acceptors (Lipinski definition) is 5. The largest absolute Gasteiger partial charge is 0.452 e. The minimum absolute atomic E-state index is 0.0833. The van der Waals surface area contributed by atoms with Crippen LogP contribution < -0.4 is 5.32 Å². The molecular weight excluding hydrogens is 267 g/mol. The molecular formula is C10H16F3N3OS. The van der Waals surface area contributed by atoms with Crippen molar-refractivity contribution in [2.45, 2.75) is 26.4 Å². The van der Waals surface area contributed by atoms with Crippen LogP contribution in [0.3, 0.4) is 0 Å². The normalized spacial score (nSPS) is 12.8. The fourth-order valence-corrected chi connectivity index (χ4v) is 1.77. The molecule has 0 saturated carbocycles. The lowest BCUT2D eigenvalue weighted by Gasteiger charge is -2.24. The first-order chi connectivity index (χ1) is 8.24. The summed E-state index contributed by atoms with van der Waals surface area (Å²) < 4.78 is 45.1. The molecule has 0 spiro atoms. The molecule has 1 aromatic rings. The molecule has 8 heteroatoms. The van der Waals surface area contributed by atoms with Crippen LogP contribution in [0.1, 0.15) is 26.1 Å². The zero-order chi connectivity index (χ0) is 13.8. The number of nitrogens with zero attached hydrogens (tertiary/aromatic N) is 2. The third kappa shape index (κ3) is 4.77. The van der Waals surface area contributed by atoms with Crippen molar-refractivity contribution in [2.24, 2.45) is 5.41 Å². The SMILES string of the molecule is COCCC(C)(C)CNc1nc(C(F)(F)F)ns1. The zero-order valence-corrected chi connectivity index (χ0v) is 11.3. The third-order valence-electron chi connectivity index (χ3n) is 2.38. The summed E-state index contributed by atoms with van der Waals surface area (Å²) in [5.74, 6) is -1.09. The first-order valence-corrected chi connectivity index (χ1v) is 6.16. The average Bonchev–Trinajstić information content (AvgIpc) is 2.72. The van der Waals surface area contributed by atoms with Gasteiger partial charge in [-0.15, -0.1) is 0 Å². The van der Waals surface area contributed by atoms with Crippen LogP contribution in [0, 0.1) is 5.41 Å². The van der Waals surface area contributed by atoms with Crippen molar-refractivity contribution in [3.8, 4) is 0 Å². The molecule has 0 bridgehead atoms. The summed E-state index contributed by atoms with van der Waals surface area (Å²) in [4.78, 5) is 3.40. The molecule has 104 valence electrons. The second-order valence-corrected chi connectivity index (χ2v) is 5.43. The quantitative estimate of drug-likeness (QED) is 0.871. The smallest absolute Gasteiger partial charge is 0.385 e. The van der Waals surface area contributed by atoms with Gasteiger partial charge in [0.1, 0.15) is 0 Å². The molecule has 0 amide bonds. The number of ether oxygens (including phenoxy) is 1. The van der Waals surface area contributed by atoms with Crippen molar-refractivity contribution < 1.29 is 17.9 Å². The number of aromatic nitrogens is 2. The van der Waals surface area contributed by atoms with Gasteiger partial charge in [0.05, 0.1) is 0 Å². The van der Waals surface area contributed by atoms with E-state index < -0.39 is 12.0 Å². The molecule has 1 aromatic heterocycles. The Balaban J connectivity index is 2.51. The van der Waals surface area contributed by atoms with Crippen molar-refractivity contribution in [1.82, 2.24) is 9.36 Å². The van der Waals surface area contributed by atoms with Crippen LogP contribution in [0.25, 0.3) is 0 Å². The average molecular weight is 283 g/mol. The topological polar surface area (TPSA) is 47.0 Å². The van der Waals surface area contributed by atoms with Crippen molar-refractivity contribution >= 4 is 16.7 Å². The van der Waals surface area contributed by atoms with E-state index in [2.05, 4.69) is 14.7 Å². The second kappa shape index (κ2) is 5.83. The minimum Gasteiger partial charge on any atom is -0.385 e. The zero-order valence-electron chi connectivity index (χ0n) is 10.5. The molecule has 0 saturated heterocycles. The van der Waals surface area contributed by atoms with Gasteiger partial charge in [-0.2, -0.15) is 22.5 Å². The van der Waals surface area contributed by atoms with E-state index in [1.165, 1.54) is 0 Å². The molecule has 0 aromatic carbocycles. The van der Waals surface area contributed by atoms with Gasteiger partial charge in [0, 0.05) is 31.8 Å². The number of rotatable bonds is 6. The van der Waals surface area contributed by atoms with Gasteiger partial charge in [0.25, 0.3) is 0 Å². The van der Waals surface area contributed by atoms with E-state index in [-0.39, 0.29) is 10.5 Å². The van der Waals surface area contributed by atoms with Gasteiger partial charge in [-0.25, -0.2) is 0 Å². The van der Waals surface area contributed by atoms with Crippen molar-refractivity contribution in [3.63, 3.8) is 0 Å². The lowest BCUT2D eigenvalue weighted by atomic mass is 9.90. The van der Waals surface area contributed by atoms with Crippen LogP contribution in [-0.4, -0.2) is 29.6 Å². The van der Waals surface area contributed by atoms with Gasteiger partial charge in [-0.1, -0.05) is 13.8 Å². The van der Waals surface area contributed by atoms with E-state index in [1.54, 1.807) is 7.11 Å². The van der Waals surface area contributed by atoms with Crippen molar-refractivity contribution in [2.75, 3.05) is 25.6 Å². The highest BCUT2D eigenvalue weighted by Crippen LogP contribution is 2.29. The standard InChI is InChI=1S/C10H16F3N3OS/c1-9(2,4-5-17-3)6-14-8-15-7(16-18-8)10(11,12)13/h4-6H2,1-3H3,(H,14,15,16). The number of hydrogen-bond donors (Lipinski definition) is 1. The van der Waals surface area contributed by atoms with E-state index in [0.717, 1.165) is 18.0 Å². The van der Waals surface area contributed by atoms with E-state index in [1.807, 2.05) is 13.8 Å². The molecule has 1 rings (SSSR count). The number of alkyl halides is 3. The molecule has 1 N–H and O–H groups in total. The second-order valence-electron chi connectivity index (χ2n) is 4.68. The van der Waals surface area contributed by atoms with Gasteiger partial charge < -0.3 is 10.1 Å². The third-order valence-corrected chi connectivity index (χ3v) is 3.05. The lowest BCUT2D eigenvalue weighted by molar-refractivity contribution is -0.144. The Labute approximate surface area is 108 Å². The molecule has 0 aliphatic heterocycles. The minimum atomic E-state index is -4.48. The summed E-state index contributed by atoms with van der Waals surface area (Å²) in [6, 6.07) is 0. The van der Waals surface area contributed by atoms with Crippen molar-refractivity contribution in [1.29, 1.82) is 0 Å². The number of halogens is 3. The Bertz CT molecular complexity index is 379. The fourth-order valence-electron chi connectivity index (χ4n) is 1.19. The molecule has 0 fully saturated rings. The Kier molecular flexibility index (Phi) is 4.92. The Morgan fingerprint density at radius 1 is 1.33 bits per heavy atom. The number of anilines is 1. The number of methoxy groups -OCH3 is 1. The van der Waals surface area contributed by atoms with Crippen LogP contribution in [-0.2, 0) is 10.9 Å². The first-order valence-electron chi connectivity index (χ1n) is 5.38. The summed E-state index contributed by atoms with van der Waals surface area (Å²) in [5, 5.41) is 3.06. The molecule has 1 heterocycles. The summed E-state index contributed by atoms with van der Waals surface area (Å²) in [6.07, 6.45) is -3.68. The Morgan fingerprint density at radius 2 is 2.00 bits per heavy atom. The van der Waals surface area contributed by atoms with E-state index in [4.69, 9.17) is 4.74 Å². The highest BCUT2D eigenvalue weighted by Gasteiger charge is 2.36. The molecule has 0 radical (unpaired) electrons. The van der Waals surface area contributed by atoms with Gasteiger partial charge in [0.2, 0.25) is 11.0 Å². The summed E-state index contributed by atoms with van der Waals surface area (Å²) in [7, 11) is 1.61. The first kappa shape index (κ1) is 15.2. The Morgan fingerprint density at radius 3 is 2.50 bits per heavy atom. The van der Waals surface area contributed by atoms with Crippen LogP contribution in [0.4, 0.5) is 18.3 Å². The molecule has 0 atom stereocenters.